The fraction of sp³-hybridized carbons (Fsp3) is 0.227. The summed E-state index contributed by atoms with van der Waals surface area (Å²) in [5.41, 5.74) is 1.06. The number of hydrogen-bond acceptors (Lipinski definition) is 6. The van der Waals surface area contributed by atoms with Crippen LogP contribution >= 0.6 is 0 Å². The van der Waals surface area contributed by atoms with Gasteiger partial charge in [0.05, 0.1) is 12.3 Å². The maximum Gasteiger partial charge on any atom is 0.277 e. The first kappa shape index (κ1) is 19.7. The van der Waals surface area contributed by atoms with E-state index in [1.54, 1.807) is 22.9 Å². The Morgan fingerprint density at radius 2 is 1.87 bits per heavy atom. The number of benzene rings is 1. The minimum absolute atomic E-state index is 0.0679. The molecule has 1 aliphatic rings. The Morgan fingerprint density at radius 1 is 1.10 bits per heavy atom. The van der Waals surface area contributed by atoms with E-state index in [4.69, 9.17) is 4.74 Å². The minimum Gasteiger partial charge on any atom is -0.502 e. The standard InChI is InChI=1S/C22H22N4O4/c1-30-14-13-24-15-26(25-12-10-18(27)21(28)20(25)22(24)29)19(16-7-3-2-4-8-16)17-9-5-6-11-23-17/h2-12,19,28H,13-15H2,1H3. The second-order valence-corrected chi connectivity index (χ2v) is 6.93. The van der Waals surface area contributed by atoms with Crippen molar-refractivity contribution >= 4 is 5.91 Å². The fourth-order valence-electron chi connectivity index (χ4n) is 3.64. The Kier molecular flexibility index (Phi) is 5.49. The smallest absolute Gasteiger partial charge is 0.277 e. The maximum absolute atomic E-state index is 13.0. The molecule has 0 fully saturated rings. The van der Waals surface area contributed by atoms with Crippen molar-refractivity contribution in [1.29, 1.82) is 0 Å². The Labute approximate surface area is 173 Å². The molecule has 0 radical (unpaired) electrons. The predicted octanol–water partition coefficient (Wildman–Crippen LogP) is 1.74. The molecule has 3 heterocycles. The topological polar surface area (TPSA) is 87.9 Å². The van der Waals surface area contributed by atoms with Crippen LogP contribution in [0.5, 0.6) is 5.75 Å². The SMILES string of the molecule is COCCN1CN(C(c2ccccc2)c2ccccn2)n2ccc(=O)c(O)c2C1=O. The minimum atomic E-state index is -0.600. The lowest BCUT2D eigenvalue weighted by Gasteiger charge is -2.43. The van der Waals surface area contributed by atoms with Crippen LogP contribution in [-0.2, 0) is 4.74 Å². The van der Waals surface area contributed by atoms with E-state index in [1.807, 2.05) is 53.5 Å². The van der Waals surface area contributed by atoms with Crippen molar-refractivity contribution in [2.75, 3.05) is 31.9 Å². The van der Waals surface area contributed by atoms with Gasteiger partial charge in [-0.05, 0) is 17.7 Å². The van der Waals surface area contributed by atoms with Crippen molar-refractivity contribution in [2.45, 2.75) is 6.04 Å². The first-order valence-electron chi connectivity index (χ1n) is 9.57. The second-order valence-electron chi connectivity index (χ2n) is 6.93. The van der Waals surface area contributed by atoms with Gasteiger partial charge in [0.15, 0.2) is 11.4 Å². The quantitative estimate of drug-likeness (QED) is 0.671. The molecule has 0 spiro atoms. The molecule has 0 saturated carbocycles. The van der Waals surface area contributed by atoms with Gasteiger partial charge >= 0.3 is 0 Å². The molecule has 30 heavy (non-hydrogen) atoms. The number of pyridine rings is 2. The number of hydrogen-bond donors (Lipinski definition) is 1. The number of aromatic nitrogens is 2. The number of nitrogens with zero attached hydrogens (tertiary/aromatic N) is 4. The number of ether oxygens (including phenoxy) is 1. The van der Waals surface area contributed by atoms with Crippen molar-refractivity contribution in [1.82, 2.24) is 14.6 Å². The van der Waals surface area contributed by atoms with Crippen LogP contribution in [0.1, 0.15) is 27.8 Å². The number of carbonyl (C=O) groups is 1. The Hall–Kier alpha value is -3.65. The summed E-state index contributed by atoms with van der Waals surface area (Å²) >= 11 is 0. The van der Waals surface area contributed by atoms with Crippen molar-refractivity contribution in [3.8, 4) is 5.75 Å². The predicted molar refractivity (Wildman–Crippen MR) is 111 cm³/mol. The number of aromatic hydroxyl groups is 1. The van der Waals surface area contributed by atoms with E-state index in [0.29, 0.717) is 13.2 Å². The molecule has 8 heteroatoms. The average Bonchev–Trinajstić information content (AvgIpc) is 2.78. The van der Waals surface area contributed by atoms with Crippen LogP contribution in [0.4, 0.5) is 0 Å². The molecule has 1 amide bonds. The van der Waals surface area contributed by atoms with Gasteiger partial charge < -0.3 is 14.7 Å². The largest absolute Gasteiger partial charge is 0.502 e. The summed E-state index contributed by atoms with van der Waals surface area (Å²) < 4.78 is 6.69. The first-order chi connectivity index (χ1) is 14.6. The van der Waals surface area contributed by atoms with Crippen LogP contribution in [0, 0.1) is 0 Å². The summed E-state index contributed by atoms with van der Waals surface area (Å²) in [5.74, 6) is -0.992. The zero-order chi connectivity index (χ0) is 21.1. The lowest BCUT2D eigenvalue weighted by Crippen LogP contribution is -2.56. The Bertz CT molecular complexity index is 1050. The van der Waals surface area contributed by atoms with Gasteiger partial charge in [0, 0.05) is 32.1 Å². The van der Waals surface area contributed by atoms with E-state index in [-0.39, 0.29) is 18.4 Å². The summed E-state index contributed by atoms with van der Waals surface area (Å²) in [7, 11) is 1.56. The summed E-state index contributed by atoms with van der Waals surface area (Å²) in [5, 5.41) is 12.3. The van der Waals surface area contributed by atoms with Gasteiger partial charge in [0.2, 0.25) is 5.43 Å². The molecule has 0 saturated heterocycles. The van der Waals surface area contributed by atoms with Crippen molar-refractivity contribution in [2.24, 2.45) is 0 Å². The normalized spacial score (nSPS) is 14.5. The zero-order valence-corrected chi connectivity index (χ0v) is 16.5. The lowest BCUT2D eigenvalue weighted by molar-refractivity contribution is 0.0614. The highest BCUT2D eigenvalue weighted by Gasteiger charge is 2.36. The Morgan fingerprint density at radius 3 is 2.57 bits per heavy atom. The van der Waals surface area contributed by atoms with Crippen LogP contribution in [0.25, 0.3) is 0 Å². The molecule has 1 atom stereocenters. The molecule has 1 N–H and O–H groups in total. The van der Waals surface area contributed by atoms with E-state index < -0.39 is 17.1 Å². The number of fused-ring (bicyclic) bond motifs is 1. The van der Waals surface area contributed by atoms with Gasteiger partial charge in [-0.25, -0.2) is 0 Å². The highest BCUT2D eigenvalue weighted by atomic mass is 16.5. The molecule has 2 aromatic heterocycles. The monoisotopic (exact) mass is 406 g/mol. The number of rotatable bonds is 6. The van der Waals surface area contributed by atoms with Gasteiger partial charge in [-0.3, -0.25) is 24.3 Å². The maximum atomic E-state index is 13.0. The summed E-state index contributed by atoms with van der Waals surface area (Å²) in [6.07, 6.45) is 3.23. The summed E-state index contributed by atoms with van der Waals surface area (Å²) in [4.78, 5) is 31.2. The first-order valence-corrected chi connectivity index (χ1v) is 9.57. The molecule has 0 aliphatic carbocycles. The van der Waals surface area contributed by atoms with E-state index in [2.05, 4.69) is 4.98 Å². The van der Waals surface area contributed by atoms with Crippen LogP contribution in [0.2, 0.25) is 0 Å². The van der Waals surface area contributed by atoms with E-state index in [9.17, 15) is 14.7 Å². The molecule has 4 rings (SSSR count). The van der Waals surface area contributed by atoms with E-state index in [1.165, 1.54) is 12.3 Å². The molecule has 0 bridgehead atoms. The van der Waals surface area contributed by atoms with Crippen molar-refractivity contribution in [3.63, 3.8) is 0 Å². The average molecular weight is 406 g/mol. The molecular formula is C22H22N4O4. The molecule has 8 nitrogen and oxygen atoms in total. The second kappa shape index (κ2) is 8.38. The highest BCUT2D eigenvalue weighted by Crippen LogP contribution is 2.30. The molecular weight excluding hydrogens is 384 g/mol. The van der Waals surface area contributed by atoms with Crippen molar-refractivity contribution < 1.29 is 14.6 Å². The third kappa shape index (κ3) is 3.53. The molecule has 3 aromatic rings. The number of carbonyl (C=O) groups excluding carboxylic acids is 1. The summed E-state index contributed by atoms with van der Waals surface area (Å²) in [6, 6.07) is 16.3. The molecule has 154 valence electrons. The number of methoxy groups -OCH3 is 1. The lowest BCUT2D eigenvalue weighted by atomic mass is 10.0. The zero-order valence-electron chi connectivity index (χ0n) is 16.5. The van der Waals surface area contributed by atoms with Crippen LogP contribution in [0.15, 0.2) is 71.8 Å². The van der Waals surface area contributed by atoms with Gasteiger partial charge in [-0.2, -0.15) is 0 Å². The van der Waals surface area contributed by atoms with E-state index in [0.717, 1.165) is 11.3 Å². The van der Waals surface area contributed by atoms with Gasteiger partial charge in [-0.15, -0.1) is 0 Å². The van der Waals surface area contributed by atoms with Crippen LogP contribution in [0.3, 0.4) is 0 Å². The Balaban J connectivity index is 1.90. The third-order valence-electron chi connectivity index (χ3n) is 5.08. The highest BCUT2D eigenvalue weighted by molar-refractivity contribution is 5.96. The number of amides is 1. The van der Waals surface area contributed by atoms with Gasteiger partial charge in [0.1, 0.15) is 12.7 Å². The van der Waals surface area contributed by atoms with Crippen LogP contribution < -0.4 is 10.4 Å². The van der Waals surface area contributed by atoms with Gasteiger partial charge in [-0.1, -0.05) is 36.4 Å². The third-order valence-corrected chi connectivity index (χ3v) is 5.08. The molecule has 1 aromatic carbocycles. The van der Waals surface area contributed by atoms with Crippen LogP contribution in [-0.4, -0.2) is 52.5 Å². The summed E-state index contributed by atoms with van der Waals surface area (Å²) in [6.45, 7) is 0.878. The van der Waals surface area contributed by atoms with Gasteiger partial charge in [0.25, 0.3) is 5.91 Å². The molecule has 1 unspecified atom stereocenters. The molecule has 1 aliphatic heterocycles. The van der Waals surface area contributed by atoms with Crippen molar-refractivity contribution in [3.05, 3.63) is 94.2 Å². The fourth-order valence-corrected chi connectivity index (χ4v) is 3.64. The van der Waals surface area contributed by atoms with E-state index >= 15 is 0 Å².